The van der Waals surface area contributed by atoms with Gasteiger partial charge in [0.15, 0.2) is 0 Å². The number of piperazine rings is 1. The van der Waals surface area contributed by atoms with Crippen LogP contribution in [-0.2, 0) is 15.4 Å². The molecular weight excluding hydrogens is 344 g/mol. The van der Waals surface area contributed by atoms with E-state index in [4.69, 9.17) is 0 Å². The standard InChI is InChI=1S/C21H28N2O2S/c1-21(2,3)19-9-5-17(6-10-19)18-7-11-20(12-8-18)26(24,25)23-15-13-22(4)14-16-23/h5-12H,13-16H2,1-4H3. The van der Waals surface area contributed by atoms with Gasteiger partial charge in [0, 0.05) is 26.2 Å². The van der Waals surface area contributed by atoms with Gasteiger partial charge < -0.3 is 4.90 Å². The predicted octanol–water partition coefficient (Wildman–Crippen LogP) is 3.59. The van der Waals surface area contributed by atoms with Crippen LogP contribution in [0.25, 0.3) is 11.1 Å². The molecule has 0 amide bonds. The van der Waals surface area contributed by atoms with Crippen LogP contribution in [0.5, 0.6) is 0 Å². The van der Waals surface area contributed by atoms with Gasteiger partial charge in [0.1, 0.15) is 0 Å². The molecule has 0 spiro atoms. The Hall–Kier alpha value is -1.69. The van der Waals surface area contributed by atoms with Crippen LogP contribution < -0.4 is 0 Å². The molecule has 0 aliphatic carbocycles. The van der Waals surface area contributed by atoms with Gasteiger partial charge >= 0.3 is 0 Å². The fraction of sp³-hybridized carbons (Fsp3) is 0.429. The van der Waals surface area contributed by atoms with Gasteiger partial charge in [0.05, 0.1) is 4.90 Å². The highest BCUT2D eigenvalue weighted by Gasteiger charge is 2.27. The summed E-state index contributed by atoms with van der Waals surface area (Å²) < 4.78 is 27.2. The maximum absolute atomic E-state index is 12.8. The molecule has 0 saturated carbocycles. The number of hydrogen-bond acceptors (Lipinski definition) is 3. The Morgan fingerprint density at radius 2 is 1.23 bits per heavy atom. The Balaban J connectivity index is 1.80. The van der Waals surface area contributed by atoms with Crippen LogP contribution in [0.2, 0.25) is 0 Å². The van der Waals surface area contributed by atoms with E-state index in [0.29, 0.717) is 18.0 Å². The maximum Gasteiger partial charge on any atom is 0.243 e. The van der Waals surface area contributed by atoms with Crippen molar-refractivity contribution in [3.05, 3.63) is 54.1 Å². The van der Waals surface area contributed by atoms with E-state index in [2.05, 4.69) is 49.9 Å². The van der Waals surface area contributed by atoms with E-state index in [1.807, 2.05) is 19.2 Å². The second-order valence-electron chi connectivity index (χ2n) is 8.06. The molecule has 0 radical (unpaired) electrons. The topological polar surface area (TPSA) is 40.6 Å². The highest BCUT2D eigenvalue weighted by Crippen LogP contribution is 2.27. The third-order valence-corrected chi connectivity index (χ3v) is 6.95. The molecule has 0 aromatic heterocycles. The SMILES string of the molecule is CN1CCN(S(=O)(=O)c2ccc(-c3ccc(C(C)(C)C)cc3)cc2)CC1. The first-order valence-corrected chi connectivity index (χ1v) is 10.5. The summed E-state index contributed by atoms with van der Waals surface area (Å²) in [6.45, 7) is 9.23. The van der Waals surface area contributed by atoms with Crippen molar-refractivity contribution < 1.29 is 8.42 Å². The predicted molar refractivity (Wildman–Crippen MR) is 107 cm³/mol. The normalized spacial score (nSPS) is 17.4. The molecule has 4 nitrogen and oxygen atoms in total. The van der Waals surface area contributed by atoms with Gasteiger partial charge in [-0.2, -0.15) is 4.31 Å². The molecule has 1 fully saturated rings. The molecule has 140 valence electrons. The largest absolute Gasteiger partial charge is 0.304 e. The number of rotatable bonds is 3. The molecule has 2 aromatic rings. The first-order valence-electron chi connectivity index (χ1n) is 9.07. The van der Waals surface area contributed by atoms with Crippen molar-refractivity contribution in [1.29, 1.82) is 0 Å². The average Bonchev–Trinajstić information content (AvgIpc) is 2.62. The molecule has 3 rings (SSSR count). The van der Waals surface area contributed by atoms with Crippen molar-refractivity contribution in [3.8, 4) is 11.1 Å². The van der Waals surface area contributed by atoms with Gasteiger partial charge in [-0.15, -0.1) is 0 Å². The van der Waals surface area contributed by atoms with E-state index in [-0.39, 0.29) is 5.41 Å². The number of likely N-dealkylation sites (N-methyl/N-ethyl adjacent to an activating group) is 1. The zero-order chi connectivity index (χ0) is 18.9. The van der Waals surface area contributed by atoms with E-state index in [9.17, 15) is 8.42 Å². The Kier molecular flexibility index (Phi) is 5.24. The first kappa shape index (κ1) is 19.1. The molecular formula is C21H28N2O2S. The summed E-state index contributed by atoms with van der Waals surface area (Å²) >= 11 is 0. The number of benzene rings is 2. The van der Waals surface area contributed by atoms with Gasteiger partial charge in [0.25, 0.3) is 0 Å². The van der Waals surface area contributed by atoms with E-state index in [0.717, 1.165) is 24.2 Å². The lowest BCUT2D eigenvalue weighted by molar-refractivity contribution is 0.222. The smallest absolute Gasteiger partial charge is 0.243 e. The second kappa shape index (κ2) is 7.14. The van der Waals surface area contributed by atoms with Gasteiger partial charge in [-0.1, -0.05) is 57.2 Å². The number of nitrogens with zero attached hydrogens (tertiary/aromatic N) is 2. The van der Waals surface area contributed by atoms with Crippen LogP contribution in [0.1, 0.15) is 26.3 Å². The third-order valence-electron chi connectivity index (χ3n) is 5.04. The highest BCUT2D eigenvalue weighted by molar-refractivity contribution is 7.89. The molecule has 26 heavy (non-hydrogen) atoms. The minimum Gasteiger partial charge on any atom is -0.304 e. The fourth-order valence-corrected chi connectivity index (χ4v) is 4.58. The van der Waals surface area contributed by atoms with E-state index in [1.54, 1.807) is 16.4 Å². The summed E-state index contributed by atoms with van der Waals surface area (Å²) in [5, 5.41) is 0. The third kappa shape index (κ3) is 4.00. The minimum atomic E-state index is -3.40. The summed E-state index contributed by atoms with van der Waals surface area (Å²) in [4.78, 5) is 2.52. The van der Waals surface area contributed by atoms with E-state index < -0.39 is 10.0 Å². The second-order valence-corrected chi connectivity index (χ2v) is 10.00. The van der Waals surface area contributed by atoms with Crippen LogP contribution in [0.3, 0.4) is 0 Å². The molecule has 0 N–H and O–H groups in total. The molecule has 1 saturated heterocycles. The maximum atomic E-state index is 12.8. The lowest BCUT2D eigenvalue weighted by Gasteiger charge is -2.31. The van der Waals surface area contributed by atoms with Crippen molar-refractivity contribution in [3.63, 3.8) is 0 Å². The summed E-state index contributed by atoms with van der Waals surface area (Å²) in [5.41, 5.74) is 3.54. The number of hydrogen-bond donors (Lipinski definition) is 0. The Bertz CT molecular complexity index is 842. The van der Waals surface area contributed by atoms with Crippen LogP contribution in [0.4, 0.5) is 0 Å². The van der Waals surface area contributed by atoms with Crippen molar-refractivity contribution in [2.24, 2.45) is 0 Å². The van der Waals surface area contributed by atoms with Crippen molar-refractivity contribution in [2.45, 2.75) is 31.1 Å². The molecule has 1 aliphatic heterocycles. The summed E-state index contributed by atoms with van der Waals surface area (Å²) in [5.74, 6) is 0. The highest BCUT2D eigenvalue weighted by atomic mass is 32.2. The van der Waals surface area contributed by atoms with Gasteiger partial charge in [0.2, 0.25) is 10.0 Å². The van der Waals surface area contributed by atoms with Crippen molar-refractivity contribution >= 4 is 10.0 Å². The summed E-state index contributed by atoms with van der Waals surface area (Å²) in [6.07, 6.45) is 0. The van der Waals surface area contributed by atoms with Crippen molar-refractivity contribution in [1.82, 2.24) is 9.21 Å². The van der Waals surface area contributed by atoms with Crippen LogP contribution in [-0.4, -0.2) is 50.8 Å². The van der Waals surface area contributed by atoms with E-state index in [1.165, 1.54) is 5.56 Å². The number of sulfonamides is 1. The summed E-state index contributed by atoms with van der Waals surface area (Å²) in [7, 11) is -1.39. The van der Waals surface area contributed by atoms with Crippen LogP contribution in [0.15, 0.2) is 53.4 Å². The molecule has 5 heteroatoms. The molecule has 0 unspecified atom stereocenters. The Morgan fingerprint density at radius 1 is 0.769 bits per heavy atom. The zero-order valence-electron chi connectivity index (χ0n) is 16.1. The lowest BCUT2D eigenvalue weighted by atomic mass is 9.86. The monoisotopic (exact) mass is 372 g/mol. The molecule has 0 atom stereocenters. The zero-order valence-corrected chi connectivity index (χ0v) is 16.9. The Morgan fingerprint density at radius 3 is 1.69 bits per heavy atom. The quantitative estimate of drug-likeness (QED) is 0.827. The van der Waals surface area contributed by atoms with Crippen LogP contribution >= 0.6 is 0 Å². The van der Waals surface area contributed by atoms with Crippen molar-refractivity contribution in [2.75, 3.05) is 33.2 Å². The molecule has 1 heterocycles. The van der Waals surface area contributed by atoms with Gasteiger partial charge in [-0.25, -0.2) is 8.42 Å². The molecule has 0 bridgehead atoms. The average molecular weight is 373 g/mol. The van der Waals surface area contributed by atoms with Gasteiger partial charge in [-0.3, -0.25) is 0 Å². The van der Waals surface area contributed by atoms with Gasteiger partial charge in [-0.05, 0) is 41.3 Å². The van der Waals surface area contributed by atoms with E-state index >= 15 is 0 Å². The molecule has 1 aliphatic rings. The lowest BCUT2D eigenvalue weighted by Crippen LogP contribution is -2.46. The molecule has 2 aromatic carbocycles. The first-order chi connectivity index (χ1) is 12.2. The summed E-state index contributed by atoms with van der Waals surface area (Å²) in [6, 6.07) is 15.7. The fourth-order valence-electron chi connectivity index (χ4n) is 3.16. The van der Waals surface area contributed by atoms with Crippen LogP contribution in [0, 0.1) is 0 Å². The minimum absolute atomic E-state index is 0.124. The Labute approximate surface area is 157 Å².